The number of rotatable bonds is 15. The van der Waals surface area contributed by atoms with E-state index in [0.717, 1.165) is 50.5 Å². The normalized spacial score (nSPS) is 17.0. The van der Waals surface area contributed by atoms with Crippen molar-refractivity contribution in [2.45, 2.75) is 102 Å². The number of ether oxygens (including phenoxy) is 2. The Balaban J connectivity index is 1.58. The van der Waals surface area contributed by atoms with Crippen molar-refractivity contribution in [3.8, 4) is 16.9 Å². The van der Waals surface area contributed by atoms with Crippen molar-refractivity contribution in [3.05, 3.63) is 53.1 Å². The van der Waals surface area contributed by atoms with E-state index in [1.165, 1.54) is 0 Å². The smallest absolute Gasteiger partial charge is 0.166 e. The highest BCUT2D eigenvalue weighted by molar-refractivity contribution is 6.20. The number of fused-ring (bicyclic) bond motifs is 1. The number of hydrogen-bond acceptors (Lipinski definition) is 2. The first-order valence-electron chi connectivity index (χ1n) is 13.6. The highest BCUT2D eigenvalue weighted by atomic mass is 35.5. The molecule has 0 aliphatic heterocycles. The van der Waals surface area contributed by atoms with E-state index in [4.69, 9.17) is 21.1 Å². The molecule has 6 heteroatoms. The van der Waals surface area contributed by atoms with Gasteiger partial charge in [0.1, 0.15) is 18.5 Å². The van der Waals surface area contributed by atoms with Gasteiger partial charge in [-0.15, -0.1) is 11.6 Å². The fourth-order valence-corrected chi connectivity index (χ4v) is 4.92. The fourth-order valence-electron chi connectivity index (χ4n) is 4.70. The van der Waals surface area contributed by atoms with E-state index < -0.39 is 17.8 Å². The Labute approximate surface area is 219 Å². The van der Waals surface area contributed by atoms with Gasteiger partial charge in [-0.05, 0) is 60.6 Å². The van der Waals surface area contributed by atoms with E-state index >= 15 is 8.78 Å². The number of benzene rings is 2. The van der Waals surface area contributed by atoms with E-state index in [-0.39, 0.29) is 30.1 Å². The molecule has 3 atom stereocenters. The third kappa shape index (κ3) is 8.41. The molecule has 36 heavy (non-hydrogen) atoms. The Bertz CT molecular complexity index is 935. The first kappa shape index (κ1) is 28.8. The van der Waals surface area contributed by atoms with Crippen molar-refractivity contribution >= 4 is 11.6 Å². The minimum Gasteiger partial charge on any atom is -0.492 e. The van der Waals surface area contributed by atoms with Crippen molar-refractivity contribution < 1.29 is 22.6 Å². The lowest BCUT2D eigenvalue weighted by molar-refractivity contribution is 0.00865. The number of unbranched alkanes of at least 4 members (excludes halogenated alkanes) is 4. The average molecular weight is 525 g/mol. The second-order valence-corrected chi connectivity index (χ2v) is 10.5. The topological polar surface area (TPSA) is 18.5 Å². The van der Waals surface area contributed by atoms with Crippen LogP contribution in [0.3, 0.4) is 0 Å². The number of halogens is 4. The molecule has 0 heterocycles. The molecule has 200 valence electrons. The molecule has 0 spiro atoms. The van der Waals surface area contributed by atoms with Gasteiger partial charge in [0.15, 0.2) is 11.6 Å². The molecule has 1 aliphatic rings. The predicted molar refractivity (Wildman–Crippen MR) is 142 cm³/mol. The SMILES string of the molecule is CCCCCCC(F)COC1CCc2cc(-c3ccc(OCC(Cl)CCCC)cc3)c(F)c(F)c2C1. The average Bonchev–Trinajstić information content (AvgIpc) is 2.90. The first-order chi connectivity index (χ1) is 17.4. The third-order valence-corrected chi connectivity index (χ3v) is 7.26. The molecule has 3 unspecified atom stereocenters. The predicted octanol–water partition coefficient (Wildman–Crippen LogP) is 8.99. The maximum Gasteiger partial charge on any atom is 0.166 e. The summed E-state index contributed by atoms with van der Waals surface area (Å²) < 4.78 is 55.8. The van der Waals surface area contributed by atoms with Crippen molar-refractivity contribution in [1.82, 2.24) is 0 Å². The second-order valence-electron chi connectivity index (χ2n) is 9.91. The first-order valence-corrected chi connectivity index (χ1v) is 14.0. The van der Waals surface area contributed by atoms with Crippen LogP contribution in [0.25, 0.3) is 11.1 Å². The van der Waals surface area contributed by atoms with Gasteiger partial charge in [-0.1, -0.05) is 64.5 Å². The quantitative estimate of drug-likeness (QED) is 0.171. The van der Waals surface area contributed by atoms with Gasteiger partial charge in [0.05, 0.1) is 18.1 Å². The van der Waals surface area contributed by atoms with Gasteiger partial charge in [-0.2, -0.15) is 0 Å². The Kier molecular flexibility index (Phi) is 11.9. The van der Waals surface area contributed by atoms with Crippen LogP contribution in [-0.2, 0) is 17.6 Å². The molecule has 2 aromatic carbocycles. The molecule has 1 aliphatic carbocycles. The molecule has 0 N–H and O–H groups in total. The summed E-state index contributed by atoms with van der Waals surface area (Å²) in [5.41, 5.74) is 1.98. The lowest BCUT2D eigenvalue weighted by Gasteiger charge is -2.27. The Morgan fingerprint density at radius 1 is 0.944 bits per heavy atom. The minimum absolute atomic E-state index is 0.0196. The van der Waals surface area contributed by atoms with Crippen LogP contribution in [0.15, 0.2) is 30.3 Å². The van der Waals surface area contributed by atoms with Crippen LogP contribution in [0.2, 0.25) is 0 Å². The summed E-state index contributed by atoms with van der Waals surface area (Å²) in [4.78, 5) is 0. The van der Waals surface area contributed by atoms with Gasteiger partial charge < -0.3 is 9.47 Å². The monoisotopic (exact) mass is 524 g/mol. The summed E-state index contributed by atoms with van der Waals surface area (Å²) in [6, 6.07) is 8.74. The lowest BCUT2D eigenvalue weighted by atomic mass is 9.86. The van der Waals surface area contributed by atoms with Crippen molar-refractivity contribution in [1.29, 1.82) is 0 Å². The summed E-state index contributed by atoms with van der Waals surface area (Å²) in [5.74, 6) is -1.03. The van der Waals surface area contributed by atoms with Crippen LogP contribution in [0.4, 0.5) is 13.2 Å². The van der Waals surface area contributed by atoms with Crippen LogP contribution in [-0.4, -0.2) is 30.9 Å². The highest BCUT2D eigenvalue weighted by Gasteiger charge is 2.27. The molecule has 3 rings (SSSR count). The highest BCUT2D eigenvalue weighted by Crippen LogP contribution is 2.34. The van der Waals surface area contributed by atoms with E-state index in [0.29, 0.717) is 42.7 Å². The molecule has 2 nitrogen and oxygen atoms in total. The number of alkyl halides is 2. The van der Waals surface area contributed by atoms with Crippen molar-refractivity contribution in [3.63, 3.8) is 0 Å². The van der Waals surface area contributed by atoms with Gasteiger partial charge in [-0.3, -0.25) is 0 Å². The second kappa shape index (κ2) is 14.9. The Hall–Kier alpha value is -1.72. The van der Waals surface area contributed by atoms with Crippen LogP contribution in [0.5, 0.6) is 5.75 Å². The largest absolute Gasteiger partial charge is 0.492 e. The van der Waals surface area contributed by atoms with Crippen molar-refractivity contribution in [2.75, 3.05) is 13.2 Å². The molecule has 0 amide bonds. The standard InChI is InChI=1S/C30H40ClF3O2/c1-3-5-7-8-10-24(32)20-36-26-16-13-22-17-27(29(33)30(34)28(22)18-26)21-11-14-25(15-12-21)35-19-23(31)9-6-4-2/h11-12,14-15,17,23-24,26H,3-10,13,16,18-20H2,1-2H3. The molecule has 0 saturated heterocycles. The maximum atomic E-state index is 15.1. The fraction of sp³-hybridized carbons (Fsp3) is 0.600. The van der Waals surface area contributed by atoms with Crippen LogP contribution in [0, 0.1) is 11.6 Å². The van der Waals surface area contributed by atoms with E-state index in [9.17, 15) is 4.39 Å². The molecule has 0 bridgehead atoms. The van der Waals surface area contributed by atoms with Gasteiger partial charge in [0.25, 0.3) is 0 Å². The van der Waals surface area contributed by atoms with Gasteiger partial charge >= 0.3 is 0 Å². The molecule has 0 saturated carbocycles. The van der Waals surface area contributed by atoms with Gasteiger partial charge in [0, 0.05) is 12.0 Å². The zero-order valence-corrected chi connectivity index (χ0v) is 22.4. The van der Waals surface area contributed by atoms with Crippen LogP contribution in [0.1, 0.15) is 82.8 Å². The van der Waals surface area contributed by atoms with E-state index in [2.05, 4.69) is 13.8 Å². The molecular weight excluding hydrogens is 485 g/mol. The maximum absolute atomic E-state index is 15.1. The zero-order chi connectivity index (χ0) is 25.9. The van der Waals surface area contributed by atoms with Crippen LogP contribution < -0.4 is 4.74 Å². The summed E-state index contributed by atoms with van der Waals surface area (Å²) in [7, 11) is 0. The number of aryl methyl sites for hydroxylation is 1. The van der Waals surface area contributed by atoms with Gasteiger partial charge in [-0.25, -0.2) is 13.2 Å². The Morgan fingerprint density at radius 3 is 2.42 bits per heavy atom. The zero-order valence-electron chi connectivity index (χ0n) is 21.6. The van der Waals surface area contributed by atoms with E-state index in [1.54, 1.807) is 30.3 Å². The third-order valence-electron chi connectivity index (χ3n) is 6.92. The van der Waals surface area contributed by atoms with Crippen molar-refractivity contribution in [2.24, 2.45) is 0 Å². The minimum atomic E-state index is -1.01. The summed E-state index contributed by atoms with van der Waals surface area (Å²) in [6.07, 6.45) is 7.88. The molecule has 0 aromatic heterocycles. The van der Waals surface area contributed by atoms with Crippen LogP contribution >= 0.6 is 11.6 Å². The Morgan fingerprint density at radius 2 is 1.69 bits per heavy atom. The summed E-state index contributed by atoms with van der Waals surface area (Å²) >= 11 is 6.27. The lowest BCUT2D eigenvalue weighted by Crippen LogP contribution is -2.27. The molecular formula is C30H40ClF3O2. The summed E-state index contributed by atoms with van der Waals surface area (Å²) in [6.45, 7) is 4.68. The molecule has 2 aromatic rings. The van der Waals surface area contributed by atoms with E-state index in [1.807, 2.05) is 0 Å². The molecule has 0 fully saturated rings. The molecule has 0 radical (unpaired) electrons. The number of hydrogen-bond donors (Lipinski definition) is 0. The summed E-state index contributed by atoms with van der Waals surface area (Å²) in [5, 5.41) is -0.0498. The van der Waals surface area contributed by atoms with Gasteiger partial charge in [0.2, 0.25) is 0 Å².